The lowest BCUT2D eigenvalue weighted by Gasteiger charge is -2.24. The molecule has 7 nitrogen and oxygen atoms in total. The van der Waals surface area contributed by atoms with Gasteiger partial charge >= 0.3 is 0 Å². The molecule has 0 aliphatic carbocycles. The van der Waals surface area contributed by atoms with Crippen molar-refractivity contribution < 1.29 is 8.42 Å². The third kappa shape index (κ3) is 4.50. The molecule has 0 saturated carbocycles. The van der Waals surface area contributed by atoms with Gasteiger partial charge in [0.05, 0.1) is 12.3 Å². The van der Waals surface area contributed by atoms with E-state index in [1.54, 1.807) is 0 Å². The van der Waals surface area contributed by atoms with E-state index >= 15 is 0 Å². The summed E-state index contributed by atoms with van der Waals surface area (Å²) in [6.45, 7) is 8.25. The molecule has 0 spiro atoms. The van der Waals surface area contributed by atoms with E-state index in [0.29, 0.717) is 12.6 Å². The van der Waals surface area contributed by atoms with E-state index in [9.17, 15) is 8.42 Å². The lowest BCUT2D eigenvalue weighted by Crippen LogP contribution is -2.36. The van der Waals surface area contributed by atoms with Crippen molar-refractivity contribution in [1.29, 1.82) is 0 Å². The molecule has 1 aromatic rings. The van der Waals surface area contributed by atoms with Gasteiger partial charge in [-0.3, -0.25) is 4.90 Å². The second kappa shape index (κ2) is 7.06. The van der Waals surface area contributed by atoms with E-state index in [4.69, 9.17) is 0 Å². The molecule has 2 rings (SSSR count). The largest absolute Gasteiger partial charge is 0.314 e. The molecule has 0 aromatic carbocycles. The maximum absolute atomic E-state index is 11.3. The minimum absolute atomic E-state index is 0.243. The van der Waals surface area contributed by atoms with Gasteiger partial charge in [-0.15, -0.1) is 10.2 Å². The van der Waals surface area contributed by atoms with Gasteiger partial charge in [0.15, 0.2) is 0 Å². The first-order valence-corrected chi connectivity index (χ1v) is 9.85. The average molecular weight is 329 g/mol. The quantitative estimate of drug-likeness (QED) is 0.709. The van der Waals surface area contributed by atoms with Crippen LogP contribution in [0.3, 0.4) is 0 Å². The molecule has 1 fully saturated rings. The van der Waals surface area contributed by atoms with Crippen LogP contribution in [0.25, 0.3) is 0 Å². The van der Waals surface area contributed by atoms with Gasteiger partial charge in [0, 0.05) is 31.9 Å². The van der Waals surface area contributed by atoms with Crippen LogP contribution in [-0.2, 0) is 22.9 Å². The second-order valence-electron chi connectivity index (χ2n) is 6.20. The molecule has 126 valence electrons. The Morgan fingerprint density at radius 2 is 2.09 bits per heavy atom. The van der Waals surface area contributed by atoms with E-state index < -0.39 is 9.84 Å². The molecule has 0 N–H and O–H groups in total. The fraction of sp³-hybridized carbons (Fsp3) is 0.857. The summed E-state index contributed by atoms with van der Waals surface area (Å²) >= 11 is 0. The number of likely N-dealkylation sites (N-methyl/N-ethyl adjacent to an activating group) is 1. The molecule has 22 heavy (non-hydrogen) atoms. The van der Waals surface area contributed by atoms with Gasteiger partial charge < -0.3 is 9.47 Å². The van der Waals surface area contributed by atoms with Crippen LogP contribution in [0.5, 0.6) is 0 Å². The van der Waals surface area contributed by atoms with Gasteiger partial charge in [0.2, 0.25) is 0 Å². The van der Waals surface area contributed by atoms with Gasteiger partial charge in [0.1, 0.15) is 21.5 Å². The molecule has 1 saturated heterocycles. The number of rotatable bonds is 7. The smallest absolute Gasteiger partial charge is 0.148 e. The number of aromatic nitrogens is 3. The molecule has 1 aliphatic rings. The Hall–Kier alpha value is -0.990. The SMILES string of the molecule is CCn1c(C)nnc1CN(C)C1CCN(CCS(C)(=O)=O)C1. The number of sulfone groups is 1. The topological polar surface area (TPSA) is 71.3 Å². The first kappa shape index (κ1) is 17.4. The summed E-state index contributed by atoms with van der Waals surface area (Å²) in [4.78, 5) is 4.54. The highest BCUT2D eigenvalue weighted by molar-refractivity contribution is 7.90. The highest BCUT2D eigenvalue weighted by Crippen LogP contribution is 2.16. The molecule has 1 atom stereocenters. The predicted molar refractivity (Wildman–Crippen MR) is 86.5 cm³/mol. The van der Waals surface area contributed by atoms with Crippen molar-refractivity contribution in [1.82, 2.24) is 24.6 Å². The third-order valence-electron chi connectivity index (χ3n) is 4.37. The first-order chi connectivity index (χ1) is 10.3. The molecular weight excluding hydrogens is 302 g/mol. The number of hydrogen-bond acceptors (Lipinski definition) is 6. The van der Waals surface area contributed by atoms with Crippen LogP contribution < -0.4 is 0 Å². The van der Waals surface area contributed by atoms with Gasteiger partial charge in [-0.2, -0.15) is 0 Å². The van der Waals surface area contributed by atoms with Crippen LogP contribution in [0, 0.1) is 6.92 Å². The molecule has 0 radical (unpaired) electrons. The Balaban J connectivity index is 1.87. The van der Waals surface area contributed by atoms with Crippen molar-refractivity contribution in [2.24, 2.45) is 0 Å². The average Bonchev–Trinajstić information content (AvgIpc) is 3.03. The van der Waals surface area contributed by atoms with Gasteiger partial charge in [-0.1, -0.05) is 0 Å². The summed E-state index contributed by atoms with van der Waals surface area (Å²) in [6.07, 6.45) is 2.37. The zero-order valence-corrected chi connectivity index (χ0v) is 14.8. The molecule has 8 heteroatoms. The van der Waals surface area contributed by atoms with Crippen molar-refractivity contribution in [2.45, 2.75) is 39.4 Å². The molecular formula is C14H27N5O2S. The summed E-state index contributed by atoms with van der Waals surface area (Å²) < 4.78 is 24.7. The molecule has 1 aromatic heterocycles. The fourth-order valence-electron chi connectivity index (χ4n) is 2.98. The van der Waals surface area contributed by atoms with Crippen molar-refractivity contribution in [2.75, 3.05) is 38.7 Å². The lowest BCUT2D eigenvalue weighted by atomic mass is 10.2. The highest BCUT2D eigenvalue weighted by Gasteiger charge is 2.27. The maximum Gasteiger partial charge on any atom is 0.148 e. The Morgan fingerprint density at radius 1 is 1.36 bits per heavy atom. The number of hydrogen-bond donors (Lipinski definition) is 0. The number of aryl methyl sites for hydroxylation is 1. The van der Waals surface area contributed by atoms with Crippen molar-refractivity contribution >= 4 is 9.84 Å². The van der Waals surface area contributed by atoms with Crippen LogP contribution in [0.15, 0.2) is 0 Å². The highest BCUT2D eigenvalue weighted by atomic mass is 32.2. The fourth-order valence-corrected chi connectivity index (χ4v) is 3.57. The van der Waals surface area contributed by atoms with E-state index in [1.165, 1.54) is 6.26 Å². The lowest BCUT2D eigenvalue weighted by molar-refractivity contribution is 0.220. The Labute approximate surface area is 133 Å². The minimum atomic E-state index is -2.88. The Morgan fingerprint density at radius 3 is 2.73 bits per heavy atom. The number of likely N-dealkylation sites (tertiary alicyclic amines) is 1. The van der Waals surface area contributed by atoms with Crippen LogP contribution in [-0.4, -0.2) is 77.7 Å². The number of nitrogens with zero attached hydrogens (tertiary/aromatic N) is 5. The van der Waals surface area contributed by atoms with Crippen LogP contribution in [0.1, 0.15) is 25.0 Å². The summed E-state index contributed by atoms with van der Waals surface area (Å²) in [5, 5.41) is 8.41. The standard InChI is InChI=1S/C14H27N5O2S/c1-5-19-12(2)15-16-14(19)11-17(3)13-6-7-18(10-13)8-9-22(4,20)21/h13H,5-11H2,1-4H3. The molecule has 0 amide bonds. The maximum atomic E-state index is 11.3. The molecule has 2 heterocycles. The Kier molecular flexibility index (Phi) is 5.57. The van der Waals surface area contributed by atoms with Crippen molar-refractivity contribution in [3.63, 3.8) is 0 Å². The van der Waals surface area contributed by atoms with Crippen LogP contribution in [0.4, 0.5) is 0 Å². The summed E-state index contributed by atoms with van der Waals surface area (Å²) in [6, 6.07) is 0.446. The summed E-state index contributed by atoms with van der Waals surface area (Å²) in [7, 11) is -0.775. The zero-order chi connectivity index (χ0) is 16.3. The molecule has 0 bridgehead atoms. The van der Waals surface area contributed by atoms with E-state index in [0.717, 1.165) is 44.2 Å². The molecule has 1 unspecified atom stereocenters. The van der Waals surface area contributed by atoms with E-state index in [1.807, 2.05) is 6.92 Å². The van der Waals surface area contributed by atoms with Crippen molar-refractivity contribution in [3.05, 3.63) is 11.6 Å². The predicted octanol–water partition coefficient (Wildman–Crippen LogP) is 0.157. The summed E-state index contributed by atoms with van der Waals surface area (Å²) in [5.74, 6) is 2.19. The zero-order valence-electron chi connectivity index (χ0n) is 14.0. The van der Waals surface area contributed by atoms with Gasteiger partial charge in [-0.05, 0) is 33.9 Å². The minimum Gasteiger partial charge on any atom is -0.314 e. The van der Waals surface area contributed by atoms with Crippen LogP contribution >= 0.6 is 0 Å². The van der Waals surface area contributed by atoms with Crippen molar-refractivity contribution in [3.8, 4) is 0 Å². The van der Waals surface area contributed by atoms with E-state index in [2.05, 4.69) is 38.5 Å². The normalized spacial score (nSPS) is 20.1. The first-order valence-electron chi connectivity index (χ1n) is 7.79. The van der Waals surface area contributed by atoms with E-state index in [-0.39, 0.29) is 5.75 Å². The molecule has 1 aliphatic heterocycles. The van der Waals surface area contributed by atoms with Crippen LogP contribution in [0.2, 0.25) is 0 Å². The Bertz CT molecular complexity index is 598. The third-order valence-corrected chi connectivity index (χ3v) is 5.29. The van der Waals surface area contributed by atoms with Gasteiger partial charge in [-0.25, -0.2) is 8.42 Å². The second-order valence-corrected chi connectivity index (χ2v) is 8.46. The van der Waals surface area contributed by atoms with Gasteiger partial charge in [0.25, 0.3) is 0 Å². The monoisotopic (exact) mass is 329 g/mol. The summed E-state index contributed by atoms with van der Waals surface area (Å²) in [5.41, 5.74) is 0.